The number of hydrogen-bond donors (Lipinski definition) is 1. The van der Waals surface area contributed by atoms with Gasteiger partial charge in [0.05, 0.1) is 24.0 Å². The van der Waals surface area contributed by atoms with Gasteiger partial charge in [0, 0.05) is 32.1 Å². The van der Waals surface area contributed by atoms with Gasteiger partial charge < -0.3 is 14.8 Å². The van der Waals surface area contributed by atoms with Crippen LogP contribution in [0.5, 0.6) is 0 Å². The fraction of sp³-hybridized carbons (Fsp3) is 0.524. The van der Waals surface area contributed by atoms with Gasteiger partial charge in [0.1, 0.15) is 5.82 Å². The van der Waals surface area contributed by atoms with Crippen molar-refractivity contribution in [1.29, 1.82) is 0 Å². The molecule has 0 bridgehead atoms. The number of piperazine rings is 1. The highest BCUT2D eigenvalue weighted by molar-refractivity contribution is 5.82. The second-order valence-electron chi connectivity index (χ2n) is 7.81. The molecule has 0 atom stereocenters. The van der Waals surface area contributed by atoms with Gasteiger partial charge in [-0.05, 0) is 31.5 Å². The predicted molar refractivity (Wildman–Crippen MR) is 109 cm³/mol. The summed E-state index contributed by atoms with van der Waals surface area (Å²) in [5, 5.41) is 0.564. The van der Waals surface area contributed by atoms with E-state index in [0.717, 1.165) is 12.8 Å². The van der Waals surface area contributed by atoms with Gasteiger partial charge in [-0.25, -0.2) is 4.98 Å². The molecule has 154 valence electrons. The maximum absolute atomic E-state index is 12.7. The van der Waals surface area contributed by atoms with Crippen LogP contribution in [-0.2, 0) is 16.1 Å². The van der Waals surface area contributed by atoms with Gasteiger partial charge >= 0.3 is 0 Å². The van der Waals surface area contributed by atoms with E-state index in [1.165, 1.54) is 0 Å². The topological polar surface area (TPSA) is 89.6 Å². The first-order valence-electron chi connectivity index (χ1n) is 10.3. The summed E-state index contributed by atoms with van der Waals surface area (Å²) in [6, 6.07) is 7.23. The number of H-pyrrole nitrogens is 1. The van der Waals surface area contributed by atoms with Gasteiger partial charge in [0.25, 0.3) is 5.56 Å². The largest absolute Gasteiger partial charge is 0.339 e. The predicted octanol–water partition coefficient (Wildman–Crippen LogP) is 0.826. The minimum absolute atomic E-state index is 0.0495. The molecule has 2 aromatic rings. The van der Waals surface area contributed by atoms with Crippen molar-refractivity contribution in [2.75, 3.05) is 39.3 Å². The maximum Gasteiger partial charge on any atom is 0.258 e. The van der Waals surface area contributed by atoms with Gasteiger partial charge in [-0.1, -0.05) is 19.1 Å². The molecule has 1 N–H and O–H groups in total. The number of aromatic nitrogens is 2. The number of nitrogens with one attached hydrogen (secondary N) is 1. The van der Waals surface area contributed by atoms with Crippen LogP contribution in [0.2, 0.25) is 0 Å². The normalized spacial score (nSPS) is 17.2. The Morgan fingerprint density at radius 1 is 1.14 bits per heavy atom. The third-order valence-electron chi connectivity index (χ3n) is 5.71. The minimum Gasteiger partial charge on any atom is -0.339 e. The molecule has 2 heterocycles. The summed E-state index contributed by atoms with van der Waals surface area (Å²) in [5.74, 6) is 1.08. The van der Waals surface area contributed by atoms with Gasteiger partial charge in [-0.15, -0.1) is 0 Å². The first-order valence-corrected chi connectivity index (χ1v) is 10.3. The van der Waals surface area contributed by atoms with Crippen LogP contribution in [0.25, 0.3) is 10.9 Å². The van der Waals surface area contributed by atoms with Crippen molar-refractivity contribution in [2.24, 2.45) is 5.92 Å². The zero-order chi connectivity index (χ0) is 20.4. The van der Waals surface area contributed by atoms with Gasteiger partial charge in [-0.2, -0.15) is 0 Å². The standard InChI is InChI=1S/C21H27N5O3/c1-2-24(13-18-22-17-6-4-3-5-16(17)20(28)23-18)14-19(27)25-9-11-26(12-10-25)21(29)15-7-8-15/h3-6,15H,2,7-14H2,1H3,(H,22,23,28). The molecule has 0 spiro atoms. The van der Waals surface area contributed by atoms with Crippen LogP contribution in [0.15, 0.2) is 29.1 Å². The first-order chi connectivity index (χ1) is 14.0. The van der Waals surface area contributed by atoms with Crippen LogP contribution in [0.3, 0.4) is 0 Å². The Labute approximate surface area is 169 Å². The molecule has 4 rings (SSSR count). The first kappa shape index (κ1) is 19.6. The van der Waals surface area contributed by atoms with E-state index in [1.54, 1.807) is 6.07 Å². The second kappa shape index (κ2) is 8.32. The van der Waals surface area contributed by atoms with E-state index in [1.807, 2.05) is 39.8 Å². The molecule has 2 aliphatic rings. The molecule has 8 nitrogen and oxygen atoms in total. The summed E-state index contributed by atoms with van der Waals surface area (Å²) in [6.07, 6.45) is 2.02. The Hall–Kier alpha value is -2.74. The third-order valence-corrected chi connectivity index (χ3v) is 5.71. The quantitative estimate of drug-likeness (QED) is 0.780. The van der Waals surface area contributed by atoms with Crippen molar-refractivity contribution in [3.8, 4) is 0 Å². The molecular formula is C21H27N5O3. The van der Waals surface area contributed by atoms with E-state index in [9.17, 15) is 14.4 Å². The number of aromatic amines is 1. The summed E-state index contributed by atoms with van der Waals surface area (Å²) in [6.45, 7) is 5.73. The highest BCUT2D eigenvalue weighted by atomic mass is 16.2. The van der Waals surface area contributed by atoms with E-state index in [4.69, 9.17) is 0 Å². The summed E-state index contributed by atoms with van der Waals surface area (Å²) in [5.41, 5.74) is 0.495. The lowest BCUT2D eigenvalue weighted by atomic mass is 10.2. The van der Waals surface area contributed by atoms with Crippen molar-refractivity contribution in [3.63, 3.8) is 0 Å². The van der Waals surface area contributed by atoms with Gasteiger partial charge in [-0.3, -0.25) is 19.3 Å². The van der Waals surface area contributed by atoms with E-state index in [0.29, 0.717) is 56.0 Å². The number of para-hydroxylation sites is 1. The Morgan fingerprint density at radius 2 is 1.83 bits per heavy atom. The van der Waals surface area contributed by atoms with Crippen LogP contribution >= 0.6 is 0 Å². The smallest absolute Gasteiger partial charge is 0.258 e. The van der Waals surface area contributed by atoms with Crippen molar-refractivity contribution >= 4 is 22.7 Å². The molecule has 1 aliphatic heterocycles. The van der Waals surface area contributed by atoms with E-state index in [2.05, 4.69) is 9.97 Å². The van der Waals surface area contributed by atoms with Crippen molar-refractivity contribution in [2.45, 2.75) is 26.3 Å². The zero-order valence-corrected chi connectivity index (χ0v) is 16.8. The molecular weight excluding hydrogens is 370 g/mol. The molecule has 1 aromatic heterocycles. The van der Waals surface area contributed by atoms with Gasteiger partial charge in [0.15, 0.2) is 0 Å². The summed E-state index contributed by atoms with van der Waals surface area (Å²) >= 11 is 0. The lowest BCUT2D eigenvalue weighted by molar-refractivity contribution is -0.141. The molecule has 8 heteroatoms. The maximum atomic E-state index is 12.7. The Bertz CT molecular complexity index is 960. The third kappa shape index (κ3) is 4.48. The van der Waals surface area contributed by atoms with E-state index in [-0.39, 0.29) is 29.8 Å². The number of likely N-dealkylation sites (N-methyl/N-ethyl adjacent to an activating group) is 1. The minimum atomic E-state index is -0.163. The average Bonchev–Trinajstić information content (AvgIpc) is 3.58. The number of amides is 2. The Morgan fingerprint density at radius 3 is 2.52 bits per heavy atom. The molecule has 1 saturated carbocycles. The highest BCUT2D eigenvalue weighted by Gasteiger charge is 2.35. The number of nitrogens with zero attached hydrogens (tertiary/aromatic N) is 4. The van der Waals surface area contributed by atoms with Gasteiger partial charge in [0.2, 0.25) is 11.8 Å². The van der Waals surface area contributed by atoms with Crippen LogP contribution in [0, 0.1) is 5.92 Å². The fourth-order valence-electron chi connectivity index (χ4n) is 3.76. The monoisotopic (exact) mass is 397 g/mol. The number of fused-ring (bicyclic) bond motifs is 1. The molecule has 1 aromatic carbocycles. The number of rotatable bonds is 6. The van der Waals surface area contributed by atoms with Crippen LogP contribution in [0.4, 0.5) is 0 Å². The average molecular weight is 397 g/mol. The number of benzene rings is 1. The molecule has 0 unspecified atom stereocenters. The summed E-state index contributed by atoms with van der Waals surface area (Å²) in [4.78, 5) is 50.2. The lowest BCUT2D eigenvalue weighted by Crippen LogP contribution is -2.53. The Balaban J connectivity index is 1.35. The fourth-order valence-corrected chi connectivity index (χ4v) is 3.76. The van der Waals surface area contributed by atoms with Crippen LogP contribution < -0.4 is 5.56 Å². The molecule has 1 saturated heterocycles. The zero-order valence-electron chi connectivity index (χ0n) is 16.8. The summed E-state index contributed by atoms with van der Waals surface area (Å²) in [7, 11) is 0. The lowest BCUT2D eigenvalue weighted by Gasteiger charge is -2.35. The summed E-state index contributed by atoms with van der Waals surface area (Å²) < 4.78 is 0. The molecule has 2 amide bonds. The SMILES string of the molecule is CCN(CC(=O)N1CCN(C(=O)C2CC2)CC1)Cc1nc2ccccc2c(=O)[nH]1. The van der Waals surface area contributed by atoms with Crippen molar-refractivity contribution in [1.82, 2.24) is 24.7 Å². The Kier molecular flexibility index (Phi) is 5.62. The van der Waals surface area contributed by atoms with Crippen LogP contribution in [-0.4, -0.2) is 75.8 Å². The molecule has 2 fully saturated rings. The molecule has 29 heavy (non-hydrogen) atoms. The number of carbonyl (C=O) groups excluding carboxylic acids is 2. The van der Waals surface area contributed by atoms with Crippen LogP contribution in [0.1, 0.15) is 25.6 Å². The second-order valence-corrected chi connectivity index (χ2v) is 7.81. The molecule has 0 radical (unpaired) electrons. The van der Waals surface area contributed by atoms with Crippen molar-refractivity contribution in [3.05, 3.63) is 40.4 Å². The van der Waals surface area contributed by atoms with Crippen molar-refractivity contribution < 1.29 is 9.59 Å². The highest BCUT2D eigenvalue weighted by Crippen LogP contribution is 2.31. The number of carbonyl (C=O) groups is 2. The number of hydrogen-bond acceptors (Lipinski definition) is 5. The molecule has 1 aliphatic carbocycles. The van der Waals surface area contributed by atoms with E-state index < -0.39 is 0 Å². The van der Waals surface area contributed by atoms with E-state index >= 15 is 0 Å².